The standard InChI is InChI=1S/C18H21N/c1-14-13-19-11-10-18(14)17-9-5-8-16(12-17)15-6-3-2-4-7-15/h2-9,12,14,18-19H,10-11,13H2,1H3/t14-,18+/m1/s1. The summed E-state index contributed by atoms with van der Waals surface area (Å²) < 4.78 is 0. The highest BCUT2D eigenvalue weighted by Crippen LogP contribution is 2.32. The third-order valence-corrected chi connectivity index (χ3v) is 4.21. The quantitative estimate of drug-likeness (QED) is 0.848. The minimum Gasteiger partial charge on any atom is -0.316 e. The fourth-order valence-corrected chi connectivity index (χ4v) is 3.09. The number of hydrogen-bond acceptors (Lipinski definition) is 1. The second-order valence-corrected chi connectivity index (χ2v) is 5.57. The summed E-state index contributed by atoms with van der Waals surface area (Å²) in [5.74, 6) is 1.42. The first kappa shape index (κ1) is 12.4. The molecule has 1 saturated heterocycles. The Morgan fingerprint density at radius 3 is 2.53 bits per heavy atom. The van der Waals surface area contributed by atoms with E-state index in [9.17, 15) is 0 Å². The molecule has 0 bridgehead atoms. The first-order valence-corrected chi connectivity index (χ1v) is 7.21. The van der Waals surface area contributed by atoms with Crippen LogP contribution in [0.15, 0.2) is 54.6 Å². The molecule has 0 unspecified atom stereocenters. The zero-order valence-electron chi connectivity index (χ0n) is 11.5. The summed E-state index contributed by atoms with van der Waals surface area (Å²) in [5.41, 5.74) is 4.14. The van der Waals surface area contributed by atoms with Gasteiger partial charge < -0.3 is 5.32 Å². The lowest BCUT2D eigenvalue weighted by atomic mass is 9.81. The van der Waals surface area contributed by atoms with Gasteiger partial charge >= 0.3 is 0 Å². The molecule has 0 spiro atoms. The van der Waals surface area contributed by atoms with Crippen molar-refractivity contribution in [2.45, 2.75) is 19.3 Å². The summed E-state index contributed by atoms with van der Waals surface area (Å²) in [6, 6.07) is 19.7. The van der Waals surface area contributed by atoms with Gasteiger partial charge in [0, 0.05) is 0 Å². The minimum absolute atomic E-state index is 0.699. The van der Waals surface area contributed by atoms with Crippen molar-refractivity contribution >= 4 is 0 Å². The molecule has 1 heteroatoms. The van der Waals surface area contributed by atoms with E-state index in [1.807, 2.05) is 0 Å². The number of nitrogens with one attached hydrogen (secondary N) is 1. The maximum Gasteiger partial charge on any atom is -0.00173 e. The Kier molecular flexibility index (Phi) is 3.65. The molecule has 2 aromatic rings. The molecule has 0 aliphatic carbocycles. The third kappa shape index (κ3) is 2.71. The van der Waals surface area contributed by atoms with Crippen LogP contribution in [0.1, 0.15) is 24.8 Å². The highest BCUT2D eigenvalue weighted by Gasteiger charge is 2.22. The summed E-state index contributed by atoms with van der Waals surface area (Å²) in [7, 11) is 0. The summed E-state index contributed by atoms with van der Waals surface area (Å²) in [6.45, 7) is 4.64. The molecule has 2 atom stereocenters. The molecule has 0 aromatic heterocycles. The van der Waals surface area contributed by atoms with Crippen LogP contribution in [0.2, 0.25) is 0 Å². The molecule has 2 aromatic carbocycles. The van der Waals surface area contributed by atoms with E-state index in [1.165, 1.54) is 23.1 Å². The van der Waals surface area contributed by atoms with Gasteiger partial charge in [0.1, 0.15) is 0 Å². The first-order valence-electron chi connectivity index (χ1n) is 7.21. The van der Waals surface area contributed by atoms with Crippen molar-refractivity contribution < 1.29 is 0 Å². The van der Waals surface area contributed by atoms with Crippen molar-refractivity contribution in [1.29, 1.82) is 0 Å². The minimum atomic E-state index is 0.699. The molecule has 1 N–H and O–H groups in total. The summed E-state index contributed by atoms with van der Waals surface area (Å²) in [4.78, 5) is 0. The van der Waals surface area contributed by atoms with Gasteiger partial charge in [-0.2, -0.15) is 0 Å². The molecule has 1 aliphatic heterocycles. The average molecular weight is 251 g/mol. The first-order chi connectivity index (χ1) is 9.34. The van der Waals surface area contributed by atoms with Crippen molar-refractivity contribution in [2.24, 2.45) is 5.92 Å². The Hall–Kier alpha value is -1.60. The zero-order valence-corrected chi connectivity index (χ0v) is 11.5. The van der Waals surface area contributed by atoms with E-state index in [1.54, 1.807) is 0 Å². The van der Waals surface area contributed by atoms with E-state index in [0.29, 0.717) is 5.92 Å². The number of rotatable bonds is 2. The Morgan fingerprint density at radius 2 is 1.74 bits per heavy atom. The SMILES string of the molecule is C[C@@H]1CNCC[C@@H]1c1cccc(-c2ccccc2)c1. The van der Waals surface area contributed by atoms with Crippen LogP contribution in [-0.2, 0) is 0 Å². The van der Waals surface area contributed by atoms with Crippen LogP contribution in [0.4, 0.5) is 0 Å². The fraction of sp³-hybridized carbons (Fsp3) is 0.333. The third-order valence-electron chi connectivity index (χ3n) is 4.21. The van der Waals surface area contributed by atoms with Gasteiger partial charge in [-0.25, -0.2) is 0 Å². The van der Waals surface area contributed by atoms with Crippen molar-refractivity contribution in [3.8, 4) is 11.1 Å². The molecular formula is C18H21N. The maximum absolute atomic E-state index is 3.48. The van der Waals surface area contributed by atoms with Crippen LogP contribution in [-0.4, -0.2) is 13.1 Å². The topological polar surface area (TPSA) is 12.0 Å². The van der Waals surface area contributed by atoms with Gasteiger partial charge in [0.25, 0.3) is 0 Å². The monoisotopic (exact) mass is 251 g/mol. The maximum atomic E-state index is 3.48. The largest absolute Gasteiger partial charge is 0.316 e. The van der Waals surface area contributed by atoms with Crippen LogP contribution in [0.3, 0.4) is 0 Å². The van der Waals surface area contributed by atoms with Gasteiger partial charge in [0.05, 0.1) is 0 Å². The molecule has 0 amide bonds. The molecule has 1 fully saturated rings. The van der Waals surface area contributed by atoms with E-state index in [0.717, 1.165) is 19.0 Å². The van der Waals surface area contributed by atoms with E-state index in [-0.39, 0.29) is 0 Å². The summed E-state index contributed by atoms with van der Waals surface area (Å²) in [5, 5.41) is 3.48. The summed E-state index contributed by atoms with van der Waals surface area (Å²) in [6.07, 6.45) is 1.25. The lowest BCUT2D eigenvalue weighted by Crippen LogP contribution is -2.33. The van der Waals surface area contributed by atoms with Gasteiger partial charge in [-0.15, -0.1) is 0 Å². The predicted octanol–water partition coefficient (Wildman–Crippen LogP) is 4.07. The van der Waals surface area contributed by atoms with E-state index in [2.05, 4.69) is 66.8 Å². The van der Waals surface area contributed by atoms with Gasteiger partial charge in [0.15, 0.2) is 0 Å². The molecule has 1 aliphatic rings. The zero-order chi connectivity index (χ0) is 13.1. The second-order valence-electron chi connectivity index (χ2n) is 5.57. The van der Waals surface area contributed by atoms with E-state index < -0.39 is 0 Å². The van der Waals surface area contributed by atoms with Crippen LogP contribution in [0.25, 0.3) is 11.1 Å². The number of benzene rings is 2. The molecule has 0 radical (unpaired) electrons. The van der Waals surface area contributed by atoms with Gasteiger partial charge in [-0.3, -0.25) is 0 Å². The predicted molar refractivity (Wildman–Crippen MR) is 81.3 cm³/mol. The molecule has 1 nitrogen and oxygen atoms in total. The van der Waals surface area contributed by atoms with Crippen LogP contribution < -0.4 is 5.32 Å². The molecule has 19 heavy (non-hydrogen) atoms. The van der Waals surface area contributed by atoms with Gasteiger partial charge in [0.2, 0.25) is 0 Å². The van der Waals surface area contributed by atoms with Crippen LogP contribution in [0, 0.1) is 5.92 Å². The van der Waals surface area contributed by atoms with E-state index >= 15 is 0 Å². The molecule has 3 rings (SSSR count). The average Bonchev–Trinajstić information content (AvgIpc) is 2.49. The normalized spacial score (nSPS) is 23.2. The fourth-order valence-electron chi connectivity index (χ4n) is 3.09. The van der Waals surface area contributed by atoms with Gasteiger partial charge in [-0.05, 0) is 48.0 Å². The number of hydrogen-bond donors (Lipinski definition) is 1. The highest BCUT2D eigenvalue weighted by atomic mass is 14.9. The van der Waals surface area contributed by atoms with Crippen molar-refractivity contribution in [1.82, 2.24) is 5.32 Å². The molecule has 0 saturated carbocycles. The Morgan fingerprint density at radius 1 is 0.947 bits per heavy atom. The molecular weight excluding hydrogens is 230 g/mol. The van der Waals surface area contributed by atoms with E-state index in [4.69, 9.17) is 0 Å². The second kappa shape index (κ2) is 5.58. The highest BCUT2D eigenvalue weighted by molar-refractivity contribution is 5.64. The summed E-state index contributed by atoms with van der Waals surface area (Å²) >= 11 is 0. The van der Waals surface area contributed by atoms with Crippen LogP contribution in [0.5, 0.6) is 0 Å². The van der Waals surface area contributed by atoms with Crippen molar-refractivity contribution in [3.63, 3.8) is 0 Å². The Balaban J connectivity index is 1.91. The van der Waals surface area contributed by atoms with Crippen LogP contribution >= 0.6 is 0 Å². The lowest BCUT2D eigenvalue weighted by molar-refractivity contribution is 0.349. The molecule has 98 valence electrons. The Bertz CT molecular complexity index is 532. The van der Waals surface area contributed by atoms with Crippen molar-refractivity contribution in [2.75, 3.05) is 13.1 Å². The van der Waals surface area contributed by atoms with Crippen molar-refractivity contribution in [3.05, 3.63) is 60.2 Å². The lowest BCUT2D eigenvalue weighted by Gasteiger charge is -2.30. The number of piperidine rings is 1. The Labute approximate surface area is 115 Å². The van der Waals surface area contributed by atoms with Gasteiger partial charge in [-0.1, -0.05) is 61.5 Å². The molecule has 1 heterocycles. The smallest absolute Gasteiger partial charge is 0.00173 e.